The Hall–Kier alpha value is -0.490. The van der Waals surface area contributed by atoms with E-state index in [-0.39, 0.29) is 6.10 Å². The molecule has 0 aromatic heterocycles. The molecule has 0 saturated heterocycles. The van der Waals surface area contributed by atoms with Crippen LogP contribution in [0.5, 0.6) is 0 Å². The second kappa shape index (κ2) is 13.4. The molecule has 0 radical (unpaired) electrons. The molecule has 3 unspecified atom stereocenters. The largest absolute Gasteiger partial charge is 0.393 e. The number of hydrogen-bond donors (Lipinski definition) is 4. The number of fused-ring (bicyclic) bond motifs is 5. The Bertz CT molecular complexity index is 761. The normalized spacial score (nSPS) is 41.3. The third-order valence-electron chi connectivity index (χ3n) is 12.5. The molecule has 0 aromatic carbocycles. The van der Waals surface area contributed by atoms with E-state index < -0.39 is 0 Å². The summed E-state index contributed by atoms with van der Waals surface area (Å²) >= 11 is 0. The molecule has 4 aliphatic carbocycles. The van der Waals surface area contributed by atoms with Crippen LogP contribution in [0.25, 0.3) is 0 Å². The molecule has 0 spiro atoms. The fourth-order valence-corrected chi connectivity index (χ4v) is 10.2. The van der Waals surface area contributed by atoms with Gasteiger partial charge in [0.2, 0.25) is 0 Å². The summed E-state index contributed by atoms with van der Waals surface area (Å²) in [5.74, 6) is 4.23. The summed E-state index contributed by atoms with van der Waals surface area (Å²) in [6, 6.07) is 0.616. The highest BCUT2D eigenvalue weighted by Gasteiger charge is 2.62. The molecule has 220 valence electrons. The molecule has 5 heteroatoms. The summed E-state index contributed by atoms with van der Waals surface area (Å²) in [5.41, 5.74) is 6.32. The topological polar surface area (TPSA) is 87.4 Å². The van der Waals surface area contributed by atoms with Crippen LogP contribution < -0.4 is 16.4 Å². The maximum atomic E-state index is 12.0. The molecule has 0 bridgehead atoms. The van der Waals surface area contributed by atoms with Crippen molar-refractivity contribution in [3.8, 4) is 0 Å². The Labute approximate surface area is 234 Å². The molecule has 10 atom stereocenters. The fourth-order valence-electron chi connectivity index (χ4n) is 10.2. The standard InChI is InChI=1S/C33H61N3O2/c1-5-26(37)10-9-23(2)27-11-12-28-31-29(14-16-33(27,28)4)32(3)15-13-25(21-24(32)22-30(31)38)36-20-8-19-35-18-7-6-17-34/h23-25,27-31,35-36,38H,5-22,34H2,1-4H3/t23-,24-,25+,27-,28?,29?,30-,31?,32+,33-/m1/s1. The van der Waals surface area contributed by atoms with Gasteiger partial charge in [-0.25, -0.2) is 0 Å². The summed E-state index contributed by atoms with van der Waals surface area (Å²) < 4.78 is 0. The van der Waals surface area contributed by atoms with Crippen molar-refractivity contribution < 1.29 is 9.90 Å². The number of carbonyl (C=O) groups is 1. The molecule has 4 saturated carbocycles. The summed E-state index contributed by atoms with van der Waals surface area (Å²) in [6.07, 6.45) is 15.9. The number of hydrogen-bond acceptors (Lipinski definition) is 5. The van der Waals surface area contributed by atoms with Gasteiger partial charge in [-0.1, -0.05) is 27.7 Å². The highest BCUT2D eigenvalue weighted by molar-refractivity contribution is 5.77. The first-order chi connectivity index (χ1) is 18.2. The number of aliphatic hydroxyl groups is 1. The Morgan fingerprint density at radius 2 is 1.71 bits per heavy atom. The average Bonchev–Trinajstić information content (AvgIpc) is 3.26. The number of nitrogens with one attached hydrogen (secondary N) is 2. The number of unbranched alkanes of at least 4 members (excludes halogenated alkanes) is 1. The van der Waals surface area contributed by atoms with Crippen LogP contribution in [0.3, 0.4) is 0 Å². The number of Topliss-reactive ketones (excluding diaryl/α,β-unsaturated/α-hetero) is 1. The molecular weight excluding hydrogens is 470 g/mol. The van der Waals surface area contributed by atoms with Crippen LogP contribution in [-0.4, -0.2) is 49.2 Å². The monoisotopic (exact) mass is 531 g/mol. The zero-order valence-corrected chi connectivity index (χ0v) is 25.3. The van der Waals surface area contributed by atoms with E-state index in [0.29, 0.717) is 64.6 Å². The summed E-state index contributed by atoms with van der Waals surface area (Å²) in [5, 5.41) is 19.1. The van der Waals surface area contributed by atoms with Gasteiger partial charge in [0.25, 0.3) is 0 Å². The van der Waals surface area contributed by atoms with Gasteiger partial charge in [0.1, 0.15) is 5.78 Å². The molecule has 5 nitrogen and oxygen atoms in total. The molecular formula is C33H61N3O2. The second-order valence-corrected chi connectivity index (χ2v) is 14.5. The second-order valence-electron chi connectivity index (χ2n) is 14.5. The van der Waals surface area contributed by atoms with Gasteiger partial charge in [-0.3, -0.25) is 4.79 Å². The average molecular weight is 532 g/mol. The number of ketones is 1. The third kappa shape index (κ3) is 6.37. The van der Waals surface area contributed by atoms with E-state index in [1.54, 1.807) is 0 Å². The van der Waals surface area contributed by atoms with E-state index in [4.69, 9.17) is 5.73 Å². The highest BCUT2D eigenvalue weighted by Crippen LogP contribution is 2.68. The van der Waals surface area contributed by atoms with Gasteiger partial charge >= 0.3 is 0 Å². The van der Waals surface area contributed by atoms with Crippen molar-refractivity contribution in [2.75, 3.05) is 26.2 Å². The predicted octanol–water partition coefficient (Wildman–Crippen LogP) is 5.69. The molecule has 38 heavy (non-hydrogen) atoms. The molecule has 5 N–H and O–H groups in total. The summed E-state index contributed by atoms with van der Waals surface area (Å²) in [7, 11) is 0. The first-order valence-electron chi connectivity index (χ1n) is 16.6. The van der Waals surface area contributed by atoms with Crippen molar-refractivity contribution >= 4 is 5.78 Å². The number of carbonyl (C=O) groups excluding carboxylic acids is 1. The van der Waals surface area contributed by atoms with E-state index in [9.17, 15) is 9.90 Å². The minimum atomic E-state index is -0.130. The molecule has 4 rings (SSSR count). The fraction of sp³-hybridized carbons (Fsp3) is 0.970. The molecule has 4 aliphatic rings. The first-order valence-corrected chi connectivity index (χ1v) is 16.6. The van der Waals surface area contributed by atoms with Gasteiger partial charge in [0.15, 0.2) is 0 Å². The van der Waals surface area contributed by atoms with Crippen molar-refractivity contribution in [1.82, 2.24) is 10.6 Å². The van der Waals surface area contributed by atoms with E-state index in [0.717, 1.165) is 51.9 Å². The van der Waals surface area contributed by atoms with Crippen LogP contribution in [0.15, 0.2) is 0 Å². The van der Waals surface area contributed by atoms with Crippen LogP contribution >= 0.6 is 0 Å². The van der Waals surface area contributed by atoms with Crippen LogP contribution in [0.1, 0.15) is 118 Å². The Kier molecular flexibility index (Phi) is 10.8. The Balaban J connectivity index is 1.31. The van der Waals surface area contributed by atoms with Gasteiger partial charge in [-0.2, -0.15) is 0 Å². The first kappa shape index (κ1) is 30.5. The van der Waals surface area contributed by atoms with E-state index in [1.165, 1.54) is 57.8 Å². The zero-order valence-electron chi connectivity index (χ0n) is 25.3. The number of nitrogens with two attached hydrogens (primary N) is 1. The van der Waals surface area contributed by atoms with Crippen LogP contribution in [0.2, 0.25) is 0 Å². The van der Waals surface area contributed by atoms with Gasteiger partial charge in [-0.05, 0) is 150 Å². The third-order valence-corrected chi connectivity index (χ3v) is 12.5. The lowest BCUT2D eigenvalue weighted by molar-refractivity contribution is -0.167. The SMILES string of the molecule is CCC(=O)CC[C@@H](C)[C@H]1CCC2C3C(CC[C@@]21C)[C@@]1(C)CC[C@H](NCCCNCCCCN)C[C@@H]1C[C@H]3O. The smallest absolute Gasteiger partial charge is 0.132 e. The molecule has 0 aromatic rings. The molecule has 0 aliphatic heterocycles. The van der Waals surface area contributed by atoms with Crippen molar-refractivity contribution in [2.24, 2.45) is 52.1 Å². The highest BCUT2D eigenvalue weighted by atomic mass is 16.3. The predicted molar refractivity (Wildman–Crippen MR) is 158 cm³/mol. The van der Waals surface area contributed by atoms with Crippen LogP contribution in [0, 0.1) is 46.3 Å². The van der Waals surface area contributed by atoms with Gasteiger partial charge in [0.05, 0.1) is 6.10 Å². The Morgan fingerprint density at radius 1 is 0.974 bits per heavy atom. The van der Waals surface area contributed by atoms with E-state index in [2.05, 4.69) is 31.4 Å². The minimum Gasteiger partial charge on any atom is -0.393 e. The van der Waals surface area contributed by atoms with Crippen molar-refractivity contribution in [3.63, 3.8) is 0 Å². The number of rotatable bonds is 14. The lowest BCUT2D eigenvalue weighted by Crippen LogP contribution is -2.59. The van der Waals surface area contributed by atoms with Crippen molar-refractivity contribution in [3.05, 3.63) is 0 Å². The van der Waals surface area contributed by atoms with E-state index in [1.807, 2.05) is 6.92 Å². The maximum Gasteiger partial charge on any atom is 0.132 e. The summed E-state index contributed by atoms with van der Waals surface area (Å²) in [6.45, 7) is 13.6. The summed E-state index contributed by atoms with van der Waals surface area (Å²) in [4.78, 5) is 12.0. The van der Waals surface area contributed by atoms with Gasteiger partial charge in [-0.15, -0.1) is 0 Å². The van der Waals surface area contributed by atoms with Crippen molar-refractivity contribution in [2.45, 2.75) is 130 Å². The van der Waals surface area contributed by atoms with Crippen LogP contribution in [0.4, 0.5) is 0 Å². The lowest BCUT2D eigenvalue weighted by atomic mass is 9.43. The minimum absolute atomic E-state index is 0.130. The number of aliphatic hydroxyl groups excluding tert-OH is 1. The lowest BCUT2D eigenvalue weighted by Gasteiger charge is -2.62. The van der Waals surface area contributed by atoms with Crippen molar-refractivity contribution in [1.29, 1.82) is 0 Å². The van der Waals surface area contributed by atoms with Crippen LogP contribution in [-0.2, 0) is 4.79 Å². The van der Waals surface area contributed by atoms with Gasteiger partial charge < -0.3 is 21.5 Å². The quantitative estimate of drug-likeness (QED) is 0.216. The molecule has 0 heterocycles. The molecule has 0 amide bonds. The molecule has 4 fully saturated rings. The zero-order chi connectivity index (χ0) is 27.3. The van der Waals surface area contributed by atoms with Gasteiger partial charge in [0, 0.05) is 18.9 Å². The van der Waals surface area contributed by atoms with E-state index >= 15 is 0 Å². The maximum absolute atomic E-state index is 12.0. The Morgan fingerprint density at radius 3 is 2.47 bits per heavy atom.